The SMILES string of the molecule is O=C(C=Cc1ccccc1)Nc1ccc(C(=O)O)cc1. The van der Waals surface area contributed by atoms with Crippen LogP contribution in [-0.4, -0.2) is 17.0 Å². The van der Waals surface area contributed by atoms with Gasteiger partial charge in [0.1, 0.15) is 0 Å². The van der Waals surface area contributed by atoms with Gasteiger partial charge in [0.2, 0.25) is 5.91 Å². The number of anilines is 1. The monoisotopic (exact) mass is 267 g/mol. The molecule has 0 atom stereocenters. The molecule has 1 amide bonds. The molecule has 0 aliphatic rings. The molecule has 0 fully saturated rings. The molecule has 0 unspecified atom stereocenters. The average Bonchev–Trinajstić information content (AvgIpc) is 2.47. The van der Waals surface area contributed by atoms with E-state index in [0.717, 1.165) is 5.56 Å². The van der Waals surface area contributed by atoms with Gasteiger partial charge in [0, 0.05) is 11.8 Å². The van der Waals surface area contributed by atoms with Crippen LogP contribution in [0.25, 0.3) is 6.08 Å². The van der Waals surface area contributed by atoms with Crippen molar-refractivity contribution in [3.63, 3.8) is 0 Å². The van der Waals surface area contributed by atoms with Gasteiger partial charge in [-0.3, -0.25) is 4.79 Å². The Morgan fingerprint density at radius 1 is 0.950 bits per heavy atom. The number of hydrogen-bond acceptors (Lipinski definition) is 2. The van der Waals surface area contributed by atoms with Gasteiger partial charge >= 0.3 is 5.97 Å². The van der Waals surface area contributed by atoms with E-state index in [4.69, 9.17) is 5.11 Å². The first-order chi connectivity index (χ1) is 9.65. The molecule has 0 saturated carbocycles. The normalized spacial score (nSPS) is 10.4. The number of rotatable bonds is 4. The molecule has 0 heterocycles. The number of carboxylic acid groups (broad SMARTS) is 1. The highest BCUT2D eigenvalue weighted by Gasteiger charge is 2.02. The van der Waals surface area contributed by atoms with E-state index in [2.05, 4.69) is 5.32 Å². The highest BCUT2D eigenvalue weighted by atomic mass is 16.4. The Kier molecular flexibility index (Phi) is 4.29. The van der Waals surface area contributed by atoms with Crippen molar-refractivity contribution >= 4 is 23.6 Å². The summed E-state index contributed by atoms with van der Waals surface area (Å²) in [5.41, 5.74) is 1.67. The Morgan fingerprint density at radius 3 is 2.20 bits per heavy atom. The minimum absolute atomic E-state index is 0.183. The van der Waals surface area contributed by atoms with E-state index in [1.165, 1.54) is 18.2 Å². The van der Waals surface area contributed by atoms with E-state index in [0.29, 0.717) is 5.69 Å². The third-order valence-corrected chi connectivity index (χ3v) is 2.63. The lowest BCUT2D eigenvalue weighted by atomic mass is 10.2. The fraction of sp³-hybridized carbons (Fsp3) is 0. The maximum atomic E-state index is 11.7. The Morgan fingerprint density at radius 2 is 1.60 bits per heavy atom. The van der Waals surface area contributed by atoms with Crippen LogP contribution in [0, 0.1) is 0 Å². The van der Waals surface area contributed by atoms with Crippen LogP contribution >= 0.6 is 0 Å². The van der Waals surface area contributed by atoms with Crippen LogP contribution in [0.15, 0.2) is 60.7 Å². The average molecular weight is 267 g/mol. The summed E-state index contributed by atoms with van der Waals surface area (Å²) in [5.74, 6) is -1.26. The van der Waals surface area contributed by atoms with Crippen LogP contribution in [0.4, 0.5) is 5.69 Å². The van der Waals surface area contributed by atoms with Crippen molar-refractivity contribution in [3.05, 3.63) is 71.8 Å². The van der Waals surface area contributed by atoms with Gasteiger partial charge < -0.3 is 10.4 Å². The highest BCUT2D eigenvalue weighted by molar-refractivity contribution is 6.02. The number of nitrogens with one attached hydrogen (secondary N) is 1. The summed E-state index contributed by atoms with van der Waals surface area (Å²) >= 11 is 0. The van der Waals surface area contributed by atoms with Crippen LogP contribution < -0.4 is 5.32 Å². The third kappa shape index (κ3) is 3.81. The van der Waals surface area contributed by atoms with E-state index < -0.39 is 5.97 Å². The van der Waals surface area contributed by atoms with Crippen molar-refractivity contribution in [1.82, 2.24) is 0 Å². The van der Waals surface area contributed by atoms with Gasteiger partial charge in [-0.25, -0.2) is 4.79 Å². The van der Waals surface area contributed by atoms with Crippen LogP contribution in [0.5, 0.6) is 0 Å². The second-order valence-electron chi connectivity index (χ2n) is 4.12. The molecule has 0 radical (unpaired) electrons. The van der Waals surface area contributed by atoms with E-state index in [9.17, 15) is 9.59 Å². The van der Waals surface area contributed by atoms with Crippen LogP contribution in [0.1, 0.15) is 15.9 Å². The fourth-order valence-corrected chi connectivity index (χ4v) is 1.62. The summed E-state index contributed by atoms with van der Waals surface area (Å²) < 4.78 is 0. The number of hydrogen-bond donors (Lipinski definition) is 2. The lowest BCUT2D eigenvalue weighted by Crippen LogP contribution is -2.08. The van der Waals surface area contributed by atoms with Gasteiger partial charge in [-0.2, -0.15) is 0 Å². The topological polar surface area (TPSA) is 66.4 Å². The van der Waals surface area contributed by atoms with Crippen molar-refractivity contribution in [2.24, 2.45) is 0 Å². The maximum Gasteiger partial charge on any atom is 0.335 e. The van der Waals surface area contributed by atoms with Gasteiger partial charge in [-0.05, 0) is 35.9 Å². The van der Waals surface area contributed by atoms with Crippen molar-refractivity contribution in [2.75, 3.05) is 5.32 Å². The zero-order valence-corrected chi connectivity index (χ0v) is 10.6. The summed E-state index contributed by atoms with van der Waals surface area (Å²) in [7, 11) is 0. The molecule has 2 aromatic carbocycles. The quantitative estimate of drug-likeness (QED) is 0.837. The van der Waals surface area contributed by atoms with Crippen molar-refractivity contribution in [2.45, 2.75) is 0 Å². The molecule has 0 spiro atoms. The third-order valence-electron chi connectivity index (χ3n) is 2.63. The second kappa shape index (κ2) is 6.33. The minimum atomic E-state index is -0.994. The molecule has 4 heteroatoms. The van der Waals surface area contributed by atoms with Gasteiger partial charge in [-0.15, -0.1) is 0 Å². The largest absolute Gasteiger partial charge is 0.478 e. The molecular formula is C16H13NO3. The smallest absolute Gasteiger partial charge is 0.335 e. The standard InChI is InChI=1S/C16H13NO3/c18-15(11-6-12-4-2-1-3-5-12)17-14-9-7-13(8-10-14)16(19)20/h1-11H,(H,17,18)(H,19,20). The summed E-state index contributed by atoms with van der Waals surface area (Å²) in [6.45, 7) is 0. The zero-order chi connectivity index (χ0) is 14.4. The second-order valence-corrected chi connectivity index (χ2v) is 4.12. The zero-order valence-electron chi connectivity index (χ0n) is 10.6. The van der Waals surface area contributed by atoms with Crippen molar-refractivity contribution in [3.8, 4) is 0 Å². The number of carbonyl (C=O) groups excluding carboxylic acids is 1. The van der Waals surface area contributed by atoms with Crippen LogP contribution in [0.3, 0.4) is 0 Å². The molecule has 0 saturated heterocycles. The van der Waals surface area contributed by atoms with Crippen molar-refractivity contribution in [1.29, 1.82) is 0 Å². The predicted octanol–water partition coefficient (Wildman–Crippen LogP) is 3.04. The van der Waals surface area contributed by atoms with Crippen molar-refractivity contribution < 1.29 is 14.7 Å². The number of amides is 1. The molecule has 4 nitrogen and oxygen atoms in total. The molecule has 2 aromatic rings. The highest BCUT2D eigenvalue weighted by Crippen LogP contribution is 2.10. The number of benzene rings is 2. The molecule has 2 N–H and O–H groups in total. The number of carbonyl (C=O) groups is 2. The molecule has 0 bridgehead atoms. The predicted molar refractivity (Wildman–Crippen MR) is 77.5 cm³/mol. The Hall–Kier alpha value is -2.88. The number of aromatic carboxylic acids is 1. The summed E-state index contributed by atoms with van der Waals surface area (Å²) in [6, 6.07) is 15.5. The fourth-order valence-electron chi connectivity index (χ4n) is 1.62. The molecule has 0 aliphatic heterocycles. The van der Waals surface area contributed by atoms with Gasteiger partial charge in [0.25, 0.3) is 0 Å². The Balaban J connectivity index is 1.98. The molecule has 2 rings (SSSR count). The van der Waals surface area contributed by atoms with Gasteiger partial charge in [-0.1, -0.05) is 30.3 Å². The number of carboxylic acids is 1. The van der Waals surface area contributed by atoms with E-state index in [1.54, 1.807) is 18.2 Å². The molecule has 0 aliphatic carbocycles. The molecule has 0 aromatic heterocycles. The summed E-state index contributed by atoms with van der Waals surface area (Å²) in [6.07, 6.45) is 3.14. The summed E-state index contributed by atoms with van der Waals surface area (Å²) in [5, 5.41) is 11.4. The van der Waals surface area contributed by atoms with E-state index in [1.807, 2.05) is 30.3 Å². The van der Waals surface area contributed by atoms with Gasteiger partial charge in [0.05, 0.1) is 5.56 Å². The van der Waals surface area contributed by atoms with E-state index >= 15 is 0 Å². The first-order valence-electron chi connectivity index (χ1n) is 6.02. The maximum absolute atomic E-state index is 11.7. The lowest BCUT2D eigenvalue weighted by molar-refractivity contribution is -0.111. The van der Waals surface area contributed by atoms with Crippen LogP contribution in [-0.2, 0) is 4.79 Å². The molecule has 100 valence electrons. The Bertz CT molecular complexity index is 631. The minimum Gasteiger partial charge on any atom is -0.478 e. The van der Waals surface area contributed by atoms with E-state index in [-0.39, 0.29) is 11.5 Å². The lowest BCUT2D eigenvalue weighted by Gasteiger charge is -2.02. The molecular weight excluding hydrogens is 254 g/mol. The summed E-state index contributed by atoms with van der Waals surface area (Å²) in [4.78, 5) is 22.4. The molecule has 20 heavy (non-hydrogen) atoms. The van der Waals surface area contributed by atoms with Crippen LogP contribution in [0.2, 0.25) is 0 Å². The first-order valence-corrected chi connectivity index (χ1v) is 6.02. The van der Waals surface area contributed by atoms with Gasteiger partial charge in [0.15, 0.2) is 0 Å². The first kappa shape index (κ1) is 13.5. The Labute approximate surface area is 116 Å².